The topological polar surface area (TPSA) is 56.2 Å². The molecule has 0 aromatic heterocycles. The SMILES string of the molecule is C/C=C(Br)\C=C/C(C)C(=O)CNc1cccc(-c2ccccc2)c1N(C)C.C=N.CC. The van der Waals surface area contributed by atoms with Crippen LogP contribution in [-0.2, 0) is 4.79 Å². The molecule has 0 heterocycles. The molecule has 2 N–H and O–H groups in total. The van der Waals surface area contributed by atoms with Gasteiger partial charge in [0.1, 0.15) is 0 Å². The maximum absolute atomic E-state index is 12.5. The molecule has 5 heteroatoms. The van der Waals surface area contributed by atoms with Crippen molar-refractivity contribution in [3.63, 3.8) is 0 Å². The zero-order valence-corrected chi connectivity index (χ0v) is 21.2. The number of benzene rings is 2. The maximum Gasteiger partial charge on any atom is 0.158 e. The molecular weight excluding hydrogens is 450 g/mol. The van der Waals surface area contributed by atoms with Crippen molar-refractivity contribution in [1.82, 2.24) is 0 Å². The van der Waals surface area contributed by atoms with Gasteiger partial charge in [0.2, 0.25) is 0 Å². The molecule has 0 radical (unpaired) electrons. The fourth-order valence-corrected chi connectivity index (χ4v) is 2.95. The molecule has 0 saturated carbocycles. The molecule has 168 valence electrons. The molecule has 0 aliphatic carbocycles. The molecule has 0 bridgehead atoms. The monoisotopic (exact) mass is 485 g/mol. The van der Waals surface area contributed by atoms with Crippen LogP contribution in [0.25, 0.3) is 11.1 Å². The Hall–Kier alpha value is -2.66. The number of carbonyl (C=O) groups is 1. The van der Waals surface area contributed by atoms with Gasteiger partial charge in [-0.15, -0.1) is 0 Å². The molecule has 1 atom stereocenters. The molecule has 31 heavy (non-hydrogen) atoms. The van der Waals surface area contributed by atoms with Crippen LogP contribution in [-0.4, -0.2) is 33.1 Å². The normalized spacial score (nSPS) is 11.5. The standard InChI is InChI=1S/C23H27BrN2O.C2H6.CH3N/c1-5-19(24)15-14-17(2)22(27)16-25-21-13-9-12-20(23(21)26(3)4)18-10-7-6-8-11-18;2*1-2/h5-15,17,25H,16H2,1-4H3;1-2H3;2H,1H2/b15-14-,19-5+;;. The van der Waals surface area contributed by atoms with Gasteiger partial charge in [-0.2, -0.15) is 0 Å². The zero-order valence-electron chi connectivity index (χ0n) is 19.6. The lowest BCUT2D eigenvalue weighted by molar-refractivity contribution is -0.119. The average molecular weight is 486 g/mol. The van der Waals surface area contributed by atoms with Gasteiger partial charge in [-0.3, -0.25) is 4.79 Å². The lowest BCUT2D eigenvalue weighted by Crippen LogP contribution is -2.21. The van der Waals surface area contributed by atoms with Gasteiger partial charge in [-0.05, 0) is 25.3 Å². The molecule has 0 fully saturated rings. The molecule has 0 amide bonds. The van der Waals surface area contributed by atoms with Crippen LogP contribution >= 0.6 is 15.9 Å². The Morgan fingerprint density at radius 3 is 2.29 bits per heavy atom. The van der Waals surface area contributed by atoms with E-state index >= 15 is 0 Å². The zero-order chi connectivity index (χ0) is 23.8. The fourth-order valence-electron chi connectivity index (χ4n) is 2.80. The summed E-state index contributed by atoms with van der Waals surface area (Å²) in [5.41, 5.74) is 4.34. The molecule has 4 nitrogen and oxygen atoms in total. The number of anilines is 2. The second-order valence-electron chi connectivity index (χ2n) is 6.60. The molecular formula is C26H36BrN3O. The Bertz CT molecular complexity index is 845. The van der Waals surface area contributed by atoms with Crippen LogP contribution in [0.4, 0.5) is 11.4 Å². The van der Waals surface area contributed by atoms with Gasteiger partial charge in [0.25, 0.3) is 0 Å². The van der Waals surface area contributed by atoms with Gasteiger partial charge >= 0.3 is 0 Å². The third kappa shape index (κ3) is 9.35. The van der Waals surface area contributed by atoms with E-state index in [2.05, 4.69) is 51.1 Å². The highest BCUT2D eigenvalue weighted by molar-refractivity contribution is 9.11. The molecule has 0 aliphatic heterocycles. The van der Waals surface area contributed by atoms with Crippen molar-refractivity contribution in [3.05, 3.63) is 71.2 Å². The predicted molar refractivity (Wildman–Crippen MR) is 142 cm³/mol. The quantitative estimate of drug-likeness (QED) is 0.307. The van der Waals surface area contributed by atoms with E-state index in [0.717, 1.165) is 27.0 Å². The molecule has 2 aromatic carbocycles. The minimum atomic E-state index is -0.148. The number of nitrogens with zero attached hydrogens (tertiary/aromatic N) is 1. The minimum Gasteiger partial charge on any atom is -0.376 e. The molecule has 0 spiro atoms. The summed E-state index contributed by atoms with van der Waals surface area (Å²) < 4.78 is 0.973. The Kier molecular flexibility index (Phi) is 14.7. The smallest absolute Gasteiger partial charge is 0.158 e. The first-order chi connectivity index (χ1) is 14.9. The van der Waals surface area contributed by atoms with Crippen molar-refractivity contribution in [2.75, 3.05) is 30.9 Å². The van der Waals surface area contributed by atoms with Crippen LogP contribution in [0.3, 0.4) is 0 Å². The van der Waals surface area contributed by atoms with Gasteiger partial charge in [-0.1, -0.05) is 97.4 Å². The lowest BCUT2D eigenvalue weighted by Gasteiger charge is -2.22. The number of hydrogen-bond donors (Lipinski definition) is 2. The van der Waals surface area contributed by atoms with Crippen molar-refractivity contribution in [3.8, 4) is 11.1 Å². The molecule has 2 rings (SSSR count). The highest BCUT2D eigenvalue weighted by Crippen LogP contribution is 2.36. The maximum atomic E-state index is 12.5. The first kappa shape index (κ1) is 28.3. The summed E-state index contributed by atoms with van der Waals surface area (Å²) in [6.45, 7) is 10.7. The Balaban J connectivity index is 0.00000212. The van der Waals surface area contributed by atoms with E-state index in [9.17, 15) is 4.79 Å². The Morgan fingerprint density at radius 2 is 1.74 bits per heavy atom. The number of para-hydroxylation sites is 1. The molecule has 2 aromatic rings. The van der Waals surface area contributed by atoms with Gasteiger partial charge in [-0.25, -0.2) is 0 Å². The third-order valence-corrected chi connectivity index (χ3v) is 5.07. The number of ketones is 1. The summed E-state index contributed by atoms with van der Waals surface area (Å²) in [5, 5.41) is 8.84. The average Bonchev–Trinajstić information content (AvgIpc) is 2.83. The van der Waals surface area contributed by atoms with Crippen molar-refractivity contribution in [2.24, 2.45) is 5.92 Å². The summed E-state index contributed by atoms with van der Waals surface area (Å²) in [6.07, 6.45) is 5.79. The van der Waals surface area contributed by atoms with E-state index in [1.165, 1.54) is 0 Å². The van der Waals surface area contributed by atoms with Gasteiger partial charge < -0.3 is 15.6 Å². The van der Waals surface area contributed by atoms with Gasteiger partial charge in [0.05, 0.1) is 17.9 Å². The number of nitrogens with one attached hydrogen (secondary N) is 2. The van der Waals surface area contributed by atoms with Crippen LogP contribution in [0.5, 0.6) is 0 Å². The van der Waals surface area contributed by atoms with Crippen LogP contribution in [0.15, 0.2) is 71.2 Å². The van der Waals surface area contributed by atoms with Gasteiger partial charge in [0, 0.05) is 30.1 Å². The van der Waals surface area contributed by atoms with E-state index in [-0.39, 0.29) is 18.2 Å². The Morgan fingerprint density at radius 1 is 1.13 bits per heavy atom. The molecule has 0 saturated heterocycles. The summed E-state index contributed by atoms with van der Waals surface area (Å²) >= 11 is 3.43. The minimum absolute atomic E-state index is 0.148. The van der Waals surface area contributed by atoms with E-state index < -0.39 is 0 Å². The molecule has 1 unspecified atom stereocenters. The lowest BCUT2D eigenvalue weighted by atomic mass is 10.0. The summed E-state index contributed by atoms with van der Waals surface area (Å²) in [6, 6.07) is 16.4. The number of Topliss-reactive ketones (excluding diaryl/α,β-unsaturated/α-hetero) is 1. The number of hydrogen-bond acceptors (Lipinski definition) is 4. The van der Waals surface area contributed by atoms with Crippen LogP contribution in [0, 0.1) is 11.3 Å². The number of rotatable bonds is 8. The highest BCUT2D eigenvalue weighted by Gasteiger charge is 2.14. The van der Waals surface area contributed by atoms with E-state index in [1.54, 1.807) is 0 Å². The van der Waals surface area contributed by atoms with Gasteiger partial charge in [0.15, 0.2) is 5.78 Å². The van der Waals surface area contributed by atoms with E-state index in [0.29, 0.717) is 0 Å². The second kappa shape index (κ2) is 16.1. The largest absolute Gasteiger partial charge is 0.376 e. The Labute approximate surface area is 196 Å². The van der Waals surface area contributed by atoms with Crippen LogP contribution in [0.2, 0.25) is 0 Å². The highest BCUT2D eigenvalue weighted by atomic mass is 79.9. The number of halogens is 1. The number of allylic oxidation sites excluding steroid dienone is 4. The van der Waals surface area contributed by atoms with Crippen molar-refractivity contribution in [1.29, 1.82) is 5.41 Å². The first-order valence-electron chi connectivity index (χ1n) is 10.4. The van der Waals surface area contributed by atoms with Crippen molar-refractivity contribution < 1.29 is 4.79 Å². The van der Waals surface area contributed by atoms with Crippen molar-refractivity contribution in [2.45, 2.75) is 27.7 Å². The fraction of sp³-hybridized carbons (Fsp3) is 0.308. The third-order valence-electron chi connectivity index (χ3n) is 4.35. The first-order valence-corrected chi connectivity index (χ1v) is 11.2. The van der Waals surface area contributed by atoms with Crippen LogP contribution in [0.1, 0.15) is 27.7 Å². The second-order valence-corrected chi connectivity index (χ2v) is 7.52. The number of carbonyl (C=O) groups excluding carboxylic acids is 1. The van der Waals surface area contributed by atoms with E-state index in [4.69, 9.17) is 5.41 Å². The predicted octanol–water partition coefficient (Wildman–Crippen LogP) is 7.18. The summed E-state index contributed by atoms with van der Waals surface area (Å²) in [4.78, 5) is 14.6. The van der Waals surface area contributed by atoms with E-state index in [1.807, 2.05) is 90.4 Å². The van der Waals surface area contributed by atoms with Crippen molar-refractivity contribution >= 4 is 39.8 Å². The summed E-state index contributed by atoms with van der Waals surface area (Å²) in [7, 11) is 4.05. The van der Waals surface area contributed by atoms with Crippen LogP contribution < -0.4 is 10.2 Å². The molecule has 0 aliphatic rings. The summed E-state index contributed by atoms with van der Waals surface area (Å²) in [5.74, 6) is 0.00239.